The zero-order valence-corrected chi connectivity index (χ0v) is 10.5. The molecular formula is C11H12Br2. The van der Waals surface area contributed by atoms with Crippen molar-refractivity contribution in [2.24, 2.45) is 47.3 Å². The first-order valence-electron chi connectivity index (χ1n) is 5.59. The average Bonchev–Trinajstić information content (AvgIpc) is 2.71. The third-order valence-corrected chi connectivity index (χ3v) is 8.37. The van der Waals surface area contributed by atoms with Crippen LogP contribution in [0, 0.1) is 47.3 Å². The molecule has 6 fully saturated rings. The third-order valence-electron chi connectivity index (χ3n) is 6.26. The van der Waals surface area contributed by atoms with Crippen LogP contribution < -0.4 is 0 Å². The largest absolute Gasteiger partial charge is 0.0872 e. The van der Waals surface area contributed by atoms with Crippen molar-refractivity contribution < 1.29 is 0 Å². The van der Waals surface area contributed by atoms with E-state index in [1.165, 1.54) is 11.8 Å². The van der Waals surface area contributed by atoms with E-state index in [9.17, 15) is 0 Å². The summed E-state index contributed by atoms with van der Waals surface area (Å²) in [7, 11) is 0. The van der Waals surface area contributed by atoms with Crippen LogP contribution in [0.1, 0.15) is 12.8 Å². The van der Waals surface area contributed by atoms with Gasteiger partial charge in [-0.2, -0.15) is 0 Å². The van der Waals surface area contributed by atoms with Crippen LogP contribution in [0.4, 0.5) is 0 Å². The molecule has 0 amide bonds. The average molecular weight is 304 g/mol. The van der Waals surface area contributed by atoms with Crippen LogP contribution in [0.2, 0.25) is 0 Å². The predicted octanol–water partition coefficient (Wildman–Crippen LogP) is 3.25. The van der Waals surface area contributed by atoms with Gasteiger partial charge in [0.1, 0.15) is 0 Å². The van der Waals surface area contributed by atoms with Crippen LogP contribution in [0.15, 0.2) is 0 Å². The molecule has 0 aromatic carbocycles. The first-order valence-corrected chi connectivity index (χ1v) is 7.17. The molecule has 0 unspecified atom stereocenters. The molecule has 6 aliphatic carbocycles. The minimum Gasteiger partial charge on any atom is -0.0721 e. The monoisotopic (exact) mass is 302 g/mol. The van der Waals surface area contributed by atoms with E-state index in [4.69, 9.17) is 0 Å². The van der Waals surface area contributed by atoms with Gasteiger partial charge >= 0.3 is 0 Å². The summed E-state index contributed by atoms with van der Waals surface area (Å²) in [5.41, 5.74) is 0. The Hall–Kier alpha value is 0.960. The Morgan fingerprint density at radius 2 is 1.23 bits per heavy atom. The highest BCUT2D eigenvalue weighted by Crippen LogP contribution is 2.87. The Morgan fingerprint density at radius 1 is 0.769 bits per heavy atom. The van der Waals surface area contributed by atoms with Gasteiger partial charge in [0.05, 0.1) is 3.23 Å². The van der Waals surface area contributed by atoms with Crippen molar-refractivity contribution in [1.82, 2.24) is 0 Å². The zero-order chi connectivity index (χ0) is 8.53. The number of hydrogen-bond donors (Lipinski definition) is 0. The lowest BCUT2D eigenvalue weighted by atomic mass is 9.71. The summed E-state index contributed by atoms with van der Waals surface area (Å²) in [5.74, 6) is 8.83. The van der Waals surface area contributed by atoms with Gasteiger partial charge in [0.2, 0.25) is 0 Å². The second-order valence-corrected chi connectivity index (χ2v) is 9.70. The normalized spacial score (nSPS) is 78.0. The molecule has 2 heteroatoms. The minimum absolute atomic E-state index is 0.380. The maximum Gasteiger partial charge on any atom is 0.0872 e. The number of rotatable bonds is 0. The molecule has 0 nitrogen and oxygen atoms in total. The molecule has 0 aliphatic heterocycles. The molecular weight excluding hydrogens is 292 g/mol. The van der Waals surface area contributed by atoms with Gasteiger partial charge < -0.3 is 0 Å². The molecule has 6 aliphatic rings. The molecule has 13 heavy (non-hydrogen) atoms. The molecule has 0 heterocycles. The van der Waals surface area contributed by atoms with Crippen molar-refractivity contribution >= 4 is 31.9 Å². The Morgan fingerprint density at radius 3 is 1.69 bits per heavy atom. The Bertz CT molecular complexity index is 294. The van der Waals surface area contributed by atoms with Crippen LogP contribution in [0.25, 0.3) is 0 Å². The molecule has 8 atom stereocenters. The molecule has 0 aromatic rings. The Labute approximate surface area is 95.1 Å². The zero-order valence-electron chi connectivity index (χ0n) is 7.29. The maximum atomic E-state index is 4.01. The first-order chi connectivity index (χ1) is 6.21. The number of hydrogen-bond acceptors (Lipinski definition) is 0. The predicted molar refractivity (Wildman–Crippen MR) is 57.7 cm³/mol. The maximum absolute atomic E-state index is 4.01. The fourth-order valence-corrected chi connectivity index (χ4v) is 9.11. The molecule has 0 N–H and O–H groups in total. The van der Waals surface area contributed by atoms with Crippen molar-refractivity contribution in [2.45, 2.75) is 16.1 Å². The summed E-state index contributed by atoms with van der Waals surface area (Å²) in [6.07, 6.45) is 3.19. The van der Waals surface area contributed by atoms with E-state index in [1.54, 1.807) is 12.8 Å². The van der Waals surface area contributed by atoms with E-state index >= 15 is 0 Å². The summed E-state index contributed by atoms with van der Waals surface area (Å²) in [4.78, 5) is 0. The first kappa shape index (κ1) is 7.27. The number of alkyl halides is 2. The van der Waals surface area contributed by atoms with Gasteiger partial charge in [-0.25, -0.2) is 0 Å². The highest BCUT2D eigenvalue weighted by molar-refractivity contribution is 9.25. The van der Waals surface area contributed by atoms with Crippen molar-refractivity contribution in [3.05, 3.63) is 0 Å². The SMILES string of the molecule is BrC1(Br)[C@@H]2[C@@H]3C[C@@H]4[C@@H]5C[C@@H]([C@@H]42)[C@H]1[C@@H]35. The molecule has 0 radical (unpaired) electrons. The lowest BCUT2D eigenvalue weighted by Gasteiger charge is -2.33. The summed E-state index contributed by atoms with van der Waals surface area (Å²) in [6, 6.07) is 0. The van der Waals surface area contributed by atoms with Crippen LogP contribution in [-0.2, 0) is 0 Å². The molecule has 6 saturated carbocycles. The van der Waals surface area contributed by atoms with Gasteiger partial charge in [-0.05, 0) is 60.2 Å². The van der Waals surface area contributed by atoms with E-state index in [0.717, 1.165) is 35.5 Å². The lowest BCUT2D eigenvalue weighted by Crippen LogP contribution is -2.30. The van der Waals surface area contributed by atoms with Crippen LogP contribution in [-0.4, -0.2) is 3.23 Å². The van der Waals surface area contributed by atoms with Crippen molar-refractivity contribution in [1.29, 1.82) is 0 Å². The molecule has 6 bridgehead atoms. The summed E-state index contributed by atoms with van der Waals surface area (Å²) in [5, 5.41) is 0. The van der Waals surface area contributed by atoms with E-state index in [2.05, 4.69) is 31.9 Å². The second-order valence-electron chi connectivity index (χ2n) is 6.01. The van der Waals surface area contributed by atoms with Gasteiger partial charge in [0, 0.05) is 0 Å². The molecule has 0 aromatic heterocycles. The van der Waals surface area contributed by atoms with Crippen molar-refractivity contribution in [2.75, 3.05) is 0 Å². The summed E-state index contributed by atoms with van der Waals surface area (Å²) < 4.78 is 0.380. The number of halogens is 2. The van der Waals surface area contributed by atoms with E-state index in [-0.39, 0.29) is 0 Å². The molecule has 6 rings (SSSR count). The van der Waals surface area contributed by atoms with Gasteiger partial charge in [-0.3, -0.25) is 0 Å². The quantitative estimate of drug-likeness (QED) is 0.603. The fraction of sp³-hybridized carbons (Fsp3) is 1.00. The summed E-state index contributed by atoms with van der Waals surface area (Å²) in [6.45, 7) is 0. The van der Waals surface area contributed by atoms with Crippen LogP contribution >= 0.6 is 31.9 Å². The topological polar surface area (TPSA) is 0 Å². The lowest BCUT2D eigenvalue weighted by molar-refractivity contribution is 0.132. The van der Waals surface area contributed by atoms with E-state index in [0.29, 0.717) is 3.23 Å². The Kier molecular flexibility index (Phi) is 0.954. The van der Waals surface area contributed by atoms with E-state index in [1.807, 2.05) is 0 Å². The minimum atomic E-state index is 0.380. The smallest absolute Gasteiger partial charge is 0.0721 e. The van der Waals surface area contributed by atoms with Gasteiger partial charge in [-0.1, -0.05) is 31.9 Å². The summed E-state index contributed by atoms with van der Waals surface area (Å²) >= 11 is 8.01. The molecule has 0 saturated heterocycles. The third kappa shape index (κ3) is 0.480. The van der Waals surface area contributed by atoms with E-state index < -0.39 is 0 Å². The van der Waals surface area contributed by atoms with Crippen molar-refractivity contribution in [3.63, 3.8) is 0 Å². The highest BCUT2D eigenvalue weighted by Gasteiger charge is 2.83. The van der Waals surface area contributed by atoms with Gasteiger partial charge in [0.25, 0.3) is 0 Å². The molecule has 70 valence electrons. The van der Waals surface area contributed by atoms with Crippen molar-refractivity contribution in [3.8, 4) is 0 Å². The fourth-order valence-electron chi connectivity index (χ4n) is 6.53. The second kappa shape index (κ2) is 1.71. The van der Waals surface area contributed by atoms with Gasteiger partial charge in [0.15, 0.2) is 0 Å². The Balaban J connectivity index is 1.88. The standard InChI is InChI=1S/C11H12Br2/c12-11(13)9-5-1-3-4-2-6(7(3)9)10(11)8(4)5/h3-10H,1-2H2/t3-,4+,5-,6+,7-,8-,9-,10+/m1/s1. The van der Waals surface area contributed by atoms with Crippen LogP contribution in [0.5, 0.6) is 0 Å². The van der Waals surface area contributed by atoms with Gasteiger partial charge in [-0.15, -0.1) is 0 Å². The highest BCUT2D eigenvalue weighted by atomic mass is 79.9. The molecule has 0 spiro atoms. The van der Waals surface area contributed by atoms with Crippen LogP contribution in [0.3, 0.4) is 0 Å².